The molecule has 2 aromatic rings. The summed E-state index contributed by atoms with van der Waals surface area (Å²) in [5.41, 5.74) is 3.25. The van der Waals surface area contributed by atoms with Crippen LogP contribution in [0, 0.1) is 0 Å². The Labute approximate surface area is 135 Å². The molecule has 23 heavy (non-hydrogen) atoms. The minimum absolute atomic E-state index is 0.0182. The van der Waals surface area contributed by atoms with E-state index in [4.69, 9.17) is 16.7 Å². The van der Waals surface area contributed by atoms with E-state index in [-0.39, 0.29) is 16.3 Å². The van der Waals surface area contributed by atoms with Gasteiger partial charge in [-0.15, -0.1) is 0 Å². The van der Waals surface area contributed by atoms with Gasteiger partial charge in [0, 0.05) is 5.56 Å². The average Bonchev–Trinajstić information content (AvgIpc) is 2.50. The van der Waals surface area contributed by atoms with Crippen LogP contribution in [0.3, 0.4) is 0 Å². The van der Waals surface area contributed by atoms with Crippen LogP contribution < -0.4 is 10.2 Å². The summed E-state index contributed by atoms with van der Waals surface area (Å²) in [6, 6.07) is 10.4. The molecule has 0 aliphatic rings. The Morgan fingerprint density at radius 1 is 1.30 bits per heavy atom. The summed E-state index contributed by atoms with van der Waals surface area (Å²) in [7, 11) is 0. The van der Waals surface area contributed by atoms with Crippen molar-refractivity contribution in [2.24, 2.45) is 5.10 Å². The first-order valence-electron chi connectivity index (χ1n) is 6.33. The van der Waals surface area contributed by atoms with E-state index in [0.29, 0.717) is 11.3 Å². The van der Waals surface area contributed by atoms with E-state index >= 15 is 0 Å². The van der Waals surface area contributed by atoms with Gasteiger partial charge in [0.15, 0.2) is 0 Å². The number of carboxylic acid groups (broad SMARTS) is 1. The van der Waals surface area contributed by atoms with Gasteiger partial charge in [0.25, 0.3) is 0 Å². The van der Waals surface area contributed by atoms with Crippen molar-refractivity contribution in [1.29, 1.82) is 0 Å². The fourth-order valence-corrected chi connectivity index (χ4v) is 1.92. The van der Waals surface area contributed by atoms with Gasteiger partial charge >= 0.3 is 12.6 Å². The molecule has 2 rings (SSSR count). The summed E-state index contributed by atoms with van der Waals surface area (Å²) in [6.45, 7) is -2.94. The van der Waals surface area contributed by atoms with Crippen LogP contribution in [-0.2, 0) is 0 Å². The molecule has 0 atom stereocenters. The lowest BCUT2D eigenvalue weighted by Gasteiger charge is -2.07. The van der Waals surface area contributed by atoms with Crippen molar-refractivity contribution in [2.75, 3.05) is 5.43 Å². The van der Waals surface area contributed by atoms with Crippen molar-refractivity contribution >= 4 is 29.5 Å². The number of carbonyl (C=O) groups is 1. The van der Waals surface area contributed by atoms with Crippen molar-refractivity contribution in [3.8, 4) is 5.75 Å². The lowest BCUT2D eigenvalue weighted by Crippen LogP contribution is -2.04. The zero-order valence-electron chi connectivity index (χ0n) is 11.5. The van der Waals surface area contributed by atoms with Gasteiger partial charge in [-0.3, -0.25) is 5.43 Å². The number of carboxylic acids is 1. The molecule has 8 heteroatoms. The van der Waals surface area contributed by atoms with Crippen molar-refractivity contribution in [1.82, 2.24) is 0 Å². The Bertz CT molecular complexity index is 738. The molecule has 120 valence electrons. The van der Waals surface area contributed by atoms with Gasteiger partial charge in [-0.25, -0.2) is 4.79 Å². The molecule has 5 nitrogen and oxygen atoms in total. The van der Waals surface area contributed by atoms with Crippen LogP contribution in [0.5, 0.6) is 5.75 Å². The lowest BCUT2D eigenvalue weighted by atomic mass is 10.2. The molecule has 2 aromatic carbocycles. The number of halogens is 3. The number of para-hydroxylation sites is 1. The topological polar surface area (TPSA) is 70.9 Å². The smallest absolute Gasteiger partial charge is 0.387 e. The van der Waals surface area contributed by atoms with Crippen LogP contribution in [0.1, 0.15) is 15.9 Å². The molecule has 0 fully saturated rings. The van der Waals surface area contributed by atoms with E-state index in [1.54, 1.807) is 18.2 Å². The zero-order chi connectivity index (χ0) is 16.8. The molecule has 0 unspecified atom stereocenters. The second kappa shape index (κ2) is 7.55. The molecule has 0 saturated heterocycles. The SMILES string of the molecule is O=C(O)c1cc(N/N=C\c2ccccc2OC(F)F)ccc1Cl. The molecule has 2 N–H and O–H groups in total. The number of alkyl halides is 2. The Balaban J connectivity index is 2.14. The zero-order valence-corrected chi connectivity index (χ0v) is 12.3. The molecular weight excluding hydrogens is 330 g/mol. The van der Waals surface area contributed by atoms with E-state index in [2.05, 4.69) is 15.3 Å². The monoisotopic (exact) mass is 340 g/mol. The molecular formula is C15H11ClF2N2O3. The summed E-state index contributed by atoms with van der Waals surface area (Å²) in [5, 5.41) is 12.9. The molecule has 0 saturated carbocycles. The number of hydrogen-bond acceptors (Lipinski definition) is 4. The average molecular weight is 341 g/mol. The highest BCUT2D eigenvalue weighted by molar-refractivity contribution is 6.33. The van der Waals surface area contributed by atoms with Crippen LogP contribution in [0.25, 0.3) is 0 Å². The molecule has 0 bridgehead atoms. The van der Waals surface area contributed by atoms with Crippen molar-refractivity contribution in [3.63, 3.8) is 0 Å². The normalized spacial score (nSPS) is 11.0. The third-order valence-corrected chi connectivity index (χ3v) is 3.06. The number of hydrogen-bond donors (Lipinski definition) is 2. The number of rotatable bonds is 6. The van der Waals surface area contributed by atoms with E-state index in [1.165, 1.54) is 30.5 Å². The molecule has 0 aliphatic heterocycles. The fraction of sp³-hybridized carbons (Fsp3) is 0.0667. The van der Waals surface area contributed by atoms with Gasteiger partial charge in [-0.05, 0) is 30.3 Å². The third-order valence-electron chi connectivity index (χ3n) is 2.73. The molecule has 0 spiro atoms. The maximum atomic E-state index is 12.3. The molecule has 0 amide bonds. The highest BCUT2D eigenvalue weighted by Crippen LogP contribution is 2.21. The number of ether oxygens (including phenoxy) is 1. The van der Waals surface area contributed by atoms with Crippen molar-refractivity contribution < 1.29 is 23.4 Å². The standard InChI is InChI=1S/C15H11ClF2N2O3/c16-12-6-5-10(7-11(12)14(21)22)20-19-8-9-3-1-2-4-13(9)23-15(17)18/h1-8,15,20H,(H,21,22)/b19-8-. The second-order valence-electron chi connectivity index (χ2n) is 4.29. The van der Waals surface area contributed by atoms with E-state index in [1.807, 2.05) is 0 Å². The van der Waals surface area contributed by atoms with Crippen molar-refractivity contribution in [2.45, 2.75) is 6.61 Å². The number of aromatic carboxylic acids is 1. The molecule has 0 aliphatic carbocycles. The van der Waals surface area contributed by atoms with Gasteiger partial charge in [0.1, 0.15) is 5.75 Å². The maximum Gasteiger partial charge on any atom is 0.387 e. The predicted molar refractivity (Wildman–Crippen MR) is 82.7 cm³/mol. The minimum Gasteiger partial charge on any atom is -0.478 e. The van der Waals surface area contributed by atoms with Gasteiger partial charge in [0.05, 0.1) is 22.5 Å². The molecule has 0 radical (unpaired) electrons. The number of anilines is 1. The summed E-state index contributed by atoms with van der Waals surface area (Å²) in [5.74, 6) is -1.19. The Kier molecular flexibility index (Phi) is 5.48. The van der Waals surface area contributed by atoms with Crippen LogP contribution >= 0.6 is 11.6 Å². The van der Waals surface area contributed by atoms with Crippen LogP contribution in [0.2, 0.25) is 5.02 Å². The summed E-state index contributed by atoms with van der Waals surface area (Å²) in [6.07, 6.45) is 1.28. The first-order valence-corrected chi connectivity index (χ1v) is 6.71. The fourth-order valence-electron chi connectivity index (χ4n) is 1.73. The highest BCUT2D eigenvalue weighted by atomic mass is 35.5. The Hall–Kier alpha value is -2.67. The quantitative estimate of drug-likeness (QED) is 0.614. The summed E-state index contributed by atoms with van der Waals surface area (Å²) < 4.78 is 29.0. The van der Waals surface area contributed by atoms with Gasteiger partial charge in [0.2, 0.25) is 0 Å². The van der Waals surface area contributed by atoms with Gasteiger partial charge in [-0.1, -0.05) is 23.7 Å². The predicted octanol–water partition coefficient (Wildman–Crippen LogP) is 4.09. The highest BCUT2D eigenvalue weighted by Gasteiger charge is 2.09. The molecule has 0 aromatic heterocycles. The number of hydrazone groups is 1. The number of nitrogens with one attached hydrogen (secondary N) is 1. The number of nitrogens with zero attached hydrogens (tertiary/aromatic N) is 1. The first-order chi connectivity index (χ1) is 11.0. The van der Waals surface area contributed by atoms with E-state index < -0.39 is 12.6 Å². The Morgan fingerprint density at radius 3 is 2.74 bits per heavy atom. The van der Waals surface area contributed by atoms with Gasteiger partial charge < -0.3 is 9.84 Å². The van der Waals surface area contributed by atoms with E-state index in [0.717, 1.165) is 0 Å². The largest absolute Gasteiger partial charge is 0.478 e. The van der Waals surface area contributed by atoms with Crippen LogP contribution in [-0.4, -0.2) is 23.9 Å². The Morgan fingerprint density at radius 2 is 2.04 bits per heavy atom. The molecule has 0 heterocycles. The number of benzene rings is 2. The van der Waals surface area contributed by atoms with Crippen LogP contribution in [0.4, 0.5) is 14.5 Å². The lowest BCUT2D eigenvalue weighted by molar-refractivity contribution is -0.0499. The summed E-state index contributed by atoms with van der Waals surface area (Å²) >= 11 is 5.76. The maximum absolute atomic E-state index is 12.3. The van der Waals surface area contributed by atoms with Gasteiger partial charge in [-0.2, -0.15) is 13.9 Å². The first kappa shape index (κ1) is 16.7. The summed E-state index contributed by atoms with van der Waals surface area (Å²) in [4.78, 5) is 11.0. The third kappa shape index (κ3) is 4.65. The van der Waals surface area contributed by atoms with Crippen LogP contribution in [0.15, 0.2) is 47.6 Å². The van der Waals surface area contributed by atoms with E-state index in [9.17, 15) is 13.6 Å². The van der Waals surface area contributed by atoms with Crippen molar-refractivity contribution in [3.05, 3.63) is 58.6 Å². The second-order valence-corrected chi connectivity index (χ2v) is 4.69. The minimum atomic E-state index is -2.94.